The van der Waals surface area contributed by atoms with Crippen LogP contribution in [0.4, 0.5) is 0 Å². The van der Waals surface area contributed by atoms with E-state index in [0.29, 0.717) is 36.7 Å². The summed E-state index contributed by atoms with van der Waals surface area (Å²) in [6.45, 7) is 6.43. The fourth-order valence-electron chi connectivity index (χ4n) is 3.72. The third kappa shape index (κ3) is 4.56. The molecule has 2 heterocycles. The standard InChI is InChI=1S/C23H27N3O4S2/c1-3-11-26-20-10-5-17(4-2)16-21(20)31-23(26)24-22(27)18-6-8-19(9-7-18)32(28,29)25-12-14-30-15-13-25/h5-10,16H,3-4,11-15H2,1-2H3. The van der Waals surface area contributed by atoms with Gasteiger partial charge in [0.05, 0.1) is 28.3 Å². The molecule has 4 rings (SSSR count). The zero-order valence-electron chi connectivity index (χ0n) is 18.3. The van der Waals surface area contributed by atoms with Crippen molar-refractivity contribution in [3.8, 4) is 0 Å². The molecule has 1 aromatic heterocycles. The highest BCUT2D eigenvalue weighted by atomic mass is 32.2. The van der Waals surface area contributed by atoms with E-state index in [0.717, 1.165) is 29.6 Å². The summed E-state index contributed by atoms with van der Waals surface area (Å²) in [6.07, 6.45) is 1.88. The number of hydrogen-bond donors (Lipinski definition) is 0. The lowest BCUT2D eigenvalue weighted by atomic mass is 10.2. The number of hydrogen-bond acceptors (Lipinski definition) is 5. The summed E-state index contributed by atoms with van der Waals surface area (Å²) in [5, 5.41) is 0. The highest BCUT2D eigenvalue weighted by Gasteiger charge is 2.26. The number of carbonyl (C=O) groups excluding carboxylic acids is 1. The van der Waals surface area contributed by atoms with Crippen molar-refractivity contribution < 1.29 is 17.9 Å². The number of rotatable bonds is 6. The van der Waals surface area contributed by atoms with Crippen LogP contribution in [-0.2, 0) is 27.7 Å². The predicted octanol–water partition coefficient (Wildman–Crippen LogP) is 3.44. The van der Waals surface area contributed by atoms with Gasteiger partial charge in [-0.15, -0.1) is 0 Å². The van der Waals surface area contributed by atoms with Gasteiger partial charge in [-0.25, -0.2) is 8.42 Å². The van der Waals surface area contributed by atoms with Gasteiger partial charge < -0.3 is 9.30 Å². The number of thiazole rings is 1. The summed E-state index contributed by atoms with van der Waals surface area (Å²) in [5.41, 5.74) is 2.69. The maximum Gasteiger partial charge on any atom is 0.279 e. The van der Waals surface area contributed by atoms with Crippen LogP contribution in [0.1, 0.15) is 36.2 Å². The molecule has 0 saturated carbocycles. The van der Waals surface area contributed by atoms with E-state index in [1.54, 1.807) is 0 Å². The smallest absolute Gasteiger partial charge is 0.279 e. The first kappa shape index (κ1) is 22.8. The largest absolute Gasteiger partial charge is 0.379 e. The van der Waals surface area contributed by atoms with Crippen molar-refractivity contribution in [2.75, 3.05) is 26.3 Å². The monoisotopic (exact) mass is 473 g/mol. The normalized spacial score (nSPS) is 16.0. The van der Waals surface area contributed by atoms with Crippen molar-refractivity contribution in [2.24, 2.45) is 4.99 Å². The number of amides is 1. The molecule has 3 aromatic rings. The van der Waals surface area contributed by atoms with Gasteiger partial charge in [-0.1, -0.05) is 31.3 Å². The SMILES string of the molecule is CCCn1c(=NC(=O)c2ccc(S(=O)(=O)N3CCOCC3)cc2)sc2cc(CC)ccc21. The number of benzene rings is 2. The summed E-state index contributed by atoms with van der Waals surface area (Å²) in [7, 11) is -3.59. The number of morpholine rings is 1. The van der Waals surface area contributed by atoms with Crippen molar-refractivity contribution in [3.05, 3.63) is 58.4 Å². The second-order valence-electron chi connectivity index (χ2n) is 7.65. The van der Waals surface area contributed by atoms with Gasteiger partial charge in [0.25, 0.3) is 5.91 Å². The van der Waals surface area contributed by atoms with Crippen molar-refractivity contribution in [1.29, 1.82) is 0 Å². The summed E-state index contributed by atoms with van der Waals surface area (Å²) in [4.78, 5) is 18.1. The van der Waals surface area contributed by atoms with Crippen molar-refractivity contribution >= 4 is 37.5 Å². The van der Waals surface area contributed by atoms with Crippen LogP contribution >= 0.6 is 11.3 Å². The van der Waals surface area contributed by atoms with Gasteiger partial charge in [-0.05, 0) is 54.8 Å². The van der Waals surface area contributed by atoms with Gasteiger partial charge in [0.15, 0.2) is 4.80 Å². The van der Waals surface area contributed by atoms with E-state index in [-0.39, 0.29) is 10.8 Å². The Morgan fingerprint density at radius 2 is 1.81 bits per heavy atom. The quantitative estimate of drug-likeness (QED) is 0.549. The Kier molecular flexibility index (Phi) is 6.90. The summed E-state index contributed by atoms with van der Waals surface area (Å²) in [5.74, 6) is -0.382. The Bertz CT molecular complexity index is 1290. The lowest BCUT2D eigenvalue weighted by Gasteiger charge is -2.26. The molecule has 9 heteroatoms. The van der Waals surface area contributed by atoms with E-state index < -0.39 is 10.0 Å². The molecule has 0 bridgehead atoms. The van der Waals surface area contributed by atoms with Crippen molar-refractivity contribution in [3.63, 3.8) is 0 Å². The number of aryl methyl sites for hydroxylation is 2. The average Bonchev–Trinajstić information content (AvgIpc) is 3.16. The van der Waals surface area contributed by atoms with Gasteiger partial charge >= 0.3 is 0 Å². The number of aromatic nitrogens is 1. The first-order chi connectivity index (χ1) is 15.4. The molecular formula is C23H27N3O4S2. The number of ether oxygens (including phenoxy) is 1. The van der Waals surface area contributed by atoms with Gasteiger partial charge in [-0.3, -0.25) is 4.79 Å². The third-order valence-electron chi connectivity index (χ3n) is 5.51. The van der Waals surface area contributed by atoms with Crippen LogP contribution in [0.2, 0.25) is 0 Å². The van der Waals surface area contributed by atoms with E-state index in [4.69, 9.17) is 4.74 Å². The minimum absolute atomic E-state index is 0.172. The highest BCUT2D eigenvalue weighted by molar-refractivity contribution is 7.89. The fraction of sp³-hybridized carbons (Fsp3) is 0.391. The number of sulfonamides is 1. The van der Waals surface area contributed by atoms with E-state index in [9.17, 15) is 13.2 Å². The Morgan fingerprint density at radius 3 is 2.47 bits per heavy atom. The second kappa shape index (κ2) is 9.66. The molecule has 0 unspecified atom stereocenters. The van der Waals surface area contributed by atoms with Gasteiger partial charge in [0.2, 0.25) is 10.0 Å². The first-order valence-corrected chi connectivity index (χ1v) is 13.1. The van der Waals surface area contributed by atoms with Crippen LogP contribution in [0.25, 0.3) is 10.2 Å². The maximum absolute atomic E-state index is 12.9. The van der Waals surface area contributed by atoms with Crippen LogP contribution in [-0.4, -0.2) is 49.5 Å². The lowest BCUT2D eigenvalue weighted by molar-refractivity contribution is 0.0730. The molecular weight excluding hydrogens is 446 g/mol. The van der Waals surface area contributed by atoms with Gasteiger partial charge in [-0.2, -0.15) is 9.30 Å². The number of carbonyl (C=O) groups is 1. The Labute approximate surface area is 192 Å². The maximum atomic E-state index is 12.9. The molecule has 1 fully saturated rings. The molecule has 0 radical (unpaired) electrons. The molecule has 1 amide bonds. The lowest BCUT2D eigenvalue weighted by Crippen LogP contribution is -2.40. The Balaban J connectivity index is 1.65. The molecule has 1 saturated heterocycles. The molecule has 1 aliphatic heterocycles. The van der Waals surface area contributed by atoms with Gasteiger partial charge in [0, 0.05) is 25.2 Å². The van der Waals surface area contributed by atoms with Crippen molar-refractivity contribution in [2.45, 2.75) is 38.1 Å². The highest BCUT2D eigenvalue weighted by Crippen LogP contribution is 2.21. The summed E-state index contributed by atoms with van der Waals surface area (Å²) < 4.78 is 35.4. The molecule has 2 aromatic carbocycles. The van der Waals surface area contributed by atoms with E-state index >= 15 is 0 Å². The summed E-state index contributed by atoms with van der Waals surface area (Å²) >= 11 is 1.50. The molecule has 0 spiro atoms. The van der Waals surface area contributed by atoms with E-state index in [1.165, 1.54) is 45.5 Å². The van der Waals surface area contributed by atoms with Crippen LogP contribution in [0.5, 0.6) is 0 Å². The Hall–Kier alpha value is -2.33. The molecule has 0 aliphatic carbocycles. The number of fused-ring (bicyclic) bond motifs is 1. The topological polar surface area (TPSA) is 81.0 Å². The fourth-order valence-corrected chi connectivity index (χ4v) is 6.25. The molecule has 170 valence electrons. The Morgan fingerprint density at radius 1 is 1.09 bits per heavy atom. The first-order valence-electron chi connectivity index (χ1n) is 10.8. The van der Waals surface area contributed by atoms with E-state index in [1.807, 2.05) is 0 Å². The summed E-state index contributed by atoms with van der Waals surface area (Å²) in [6, 6.07) is 12.4. The molecule has 0 atom stereocenters. The average molecular weight is 474 g/mol. The van der Waals surface area contributed by atoms with Crippen LogP contribution in [0, 0.1) is 0 Å². The molecule has 32 heavy (non-hydrogen) atoms. The second-order valence-corrected chi connectivity index (χ2v) is 10.6. The third-order valence-corrected chi connectivity index (χ3v) is 8.46. The molecule has 7 nitrogen and oxygen atoms in total. The van der Waals surface area contributed by atoms with Crippen LogP contribution < -0.4 is 4.80 Å². The predicted molar refractivity (Wildman–Crippen MR) is 125 cm³/mol. The van der Waals surface area contributed by atoms with Gasteiger partial charge in [0.1, 0.15) is 0 Å². The zero-order valence-corrected chi connectivity index (χ0v) is 19.9. The van der Waals surface area contributed by atoms with E-state index in [2.05, 4.69) is 41.6 Å². The molecule has 0 N–H and O–H groups in total. The number of nitrogens with zero attached hydrogens (tertiary/aromatic N) is 3. The zero-order chi connectivity index (χ0) is 22.7. The minimum Gasteiger partial charge on any atom is -0.379 e. The van der Waals surface area contributed by atoms with Crippen molar-refractivity contribution in [1.82, 2.24) is 8.87 Å². The minimum atomic E-state index is -3.59. The molecule has 1 aliphatic rings. The van der Waals surface area contributed by atoms with Crippen LogP contribution in [0.3, 0.4) is 0 Å². The van der Waals surface area contributed by atoms with Crippen LogP contribution in [0.15, 0.2) is 52.4 Å².